The normalized spacial score (nSPS) is 25.1. The Kier molecular flexibility index (Phi) is 33.1. The van der Waals surface area contributed by atoms with Crippen molar-refractivity contribution in [2.45, 2.75) is 210 Å². The zero-order chi connectivity index (χ0) is 48.3. The third-order valence-corrected chi connectivity index (χ3v) is 12.1. The van der Waals surface area contributed by atoms with Crippen molar-refractivity contribution in [2.75, 3.05) is 13.2 Å². The molecule has 0 aromatic heterocycles. The van der Waals surface area contributed by atoms with Crippen molar-refractivity contribution < 1.29 is 67.8 Å². The average Bonchev–Trinajstić information content (AvgIpc) is 4.06. The highest BCUT2D eigenvalue weighted by Gasteiger charge is 2.51. The first kappa shape index (κ1) is 59.1. The van der Waals surface area contributed by atoms with Gasteiger partial charge in [0.2, 0.25) is 0 Å². The molecule has 1 saturated heterocycles. The summed E-state index contributed by atoms with van der Waals surface area (Å²) in [6.07, 6.45) is 36.4. The standard InChI is InChI=1S/C51H83O14P/c1-3-5-7-9-11-13-15-17-18-19-20-21-22-23-25-27-29-31-33-37-45(53)63-41(40-62-66(59,60)65-51-49(57)47(55)46(54)48(56)50(51)58)39-61-44(52)38-34-36-43-42(64-43)35-32-30-28-26-24-16-14-12-10-8-6-4-2/h5,7,11-14,17-18,20-21,24,26,30,32,41-43,46-51,54-58H,3-4,6,8-10,15-16,19,22-23,25,27-29,31,33-40H2,1-2H3,(H,59,60)/b7-5-,13-11-,14-12-,18-17-,21-20-,26-24-,32-30-/t41-,42?,43?,46?,47-,48+,49-,50-,51?/m1/s1. The van der Waals surface area contributed by atoms with Crippen LogP contribution in [0.25, 0.3) is 0 Å². The summed E-state index contributed by atoms with van der Waals surface area (Å²) < 4.78 is 39.3. The number of esters is 2. The predicted molar refractivity (Wildman–Crippen MR) is 257 cm³/mol. The van der Waals surface area contributed by atoms with Crippen LogP contribution >= 0.6 is 7.82 Å². The van der Waals surface area contributed by atoms with Gasteiger partial charge in [-0.2, -0.15) is 0 Å². The van der Waals surface area contributed by atoms with Crippen molar-refractivity contribution in [3.8, 4) is 0 Å². The Balaban J connectivity index is 1.73. The molecule has 2 fully saturated rings. The molecule has 14 nitrogen and oxygen atoms in total. The fraction of sp³-hybridized carbons (Fsp3) is 0.686. The number of carbonyl (C=O) groups is 2. The summed E-state index contributed by atoms with van der Waals surface area (Å²) in [6, 6.07) is 0. The lowest BCUT2D eigenvalue weighted by atomic mass is 9.85. The largest absolute Gasteiger partial charge is 0.472 e. The smallest absolute Gasteiger partial charge is 0.462 e. The molecule has 2 aliphatic rings. The molecule has 6 N–H and O–H groups in total. The van der Waals surface area contributed by atoms with E-state index in [0.29, 0.717) is 19.3 Å². The number of epoxide rings is 1. The number of phosphoric acid groups is 1. The number of phosphoric ester groups is 1. The summed E-state index contributed by atoms with van der Waals surface area (Å²) >= 11 is 0. The maximum absolute atomic E-state index is 12.9. The van der Waals surface area contributed by atoms with E-state index in [1.54, 1.807) is 0 Å². The number of carbonyl (C=O) groups excluding carboxylic acids is 2. The number of allylic oxidation sites excluding steroid dienone is 13. The van der Waals surface area contributed by atoms with E-state index in [1.165, 1.54) is 19.3 Å². The van der Waals surface area contributed by atoms with Crippen LogP contribution in [0.15, 0.2) is 85.1 Å². The average molecular weight is 951 g/mol. The minimum absolute atomic E-state index is 0.0550. The van der Waals surface area contributed by atoms with E-state index in [9.17, 15) is 44.6 Å². The number of rotatable bonds is 38. The van der Waals surface area contributed by atoms with Gasteiger partial charge in [-0.25, -0.2) is 4.57 Å². The summed E-state index contributed by atoms with van der Waals surface area (Å²) in [5, 5.41) is 50.3. The van der Waals surface area contributed by atoms with Crippen molar-refractivity contribution in [3.63, 3.8) is 0 Å². The fourth-order valence-electron chi connectivity index (χ4n) is 7.13. The van der Waals surface area contributed by atoms with Crippen molar-refractivity contribution >= 4 is 19.8 Å². The van der Waals surface area contributed by atoms with Crippen LogP contribution in [-0.2, 0) is 37.4 Å². The molecule has 0 spiro atoms. The number of ether oxygens (including phenoxy) is 3. The van der Waals surface area contributed by atoms with E-state index in [1.807, 2.05) is 0 Å². The van der Waals surface area contributed by atoms with Gasteiger partial charge in [0.05, 0.1) is 18.8 Å². The van der Waals surface area contributed by atoms with Gasteiger partial charge in [-0.1, -0.05) is 137 Å². The zero-order valence-corrected chi connectivity index (χ0v) is 40.5. The quantitative estimate of drug-likeness (QED) is 0.0112. The molecule has 5 unspecified atom stereocenters. The second kappa shape index (κ2) is 37.0. The predicted octanol–water partition coefficient (Wildman–Crippen LogP) is 9.04. The van der Waals surface area contributed by atoms with E-state index < -0.39 is 75.7 Å². The second-order valence-corrected chi connectivity index (χ2v) is 18.4. The van der Waals surface area contributed by atoms with Gasteiger partial charge >= 0.3 is 19.8 Å². The monoisotopic (exact) mass is 951 g/mol. The first-order valence-electron chi connectivity index (χ1n) is 24.5. The molecule has 1 aliphatic carbocycles. The molecule has 10 atom stereocenters. The number of hydrogen-bond donors (Lipinski definition) is 6. The van der Waals surface area contributed by atoms with E-state index in [-0.39, 0.29) is 25.0 Å². The molecule has 66 heavy (non-hydrogen) atoms. The third-order valence-electron chi connectivity index (χ3n) is 11.1. The molecular weight excluding hydrogens is 868 g/mol. The summed E-state index contributed by atoms with van der Waals surface area (Å²) in [5.41, 5.74) is 0. The number of hydrogen-bond acceptors (Lipinski definition) is 13. The van der Waals surface area contributed by atoms with Crippen molar-refractivity contribution in [3.05, 3.63) is 85.1 Å². The van der Waals surface area contributed by atoms with Gasteiger partial charge < -0.3 is 44.6 Å². The minimum atomic E-state index is -5.15. The van der Waals surface area contributed by atoms with Crippen LogP contribution in [0, 0.1) is 0 Å². The maximum Gasteiger partial charge on any atom is 0.472 e. The van der Waals surface area contributed by atoms with Crippen molar-refractivity contribution in [1.82, 2.24) is 0 Å². The topological polar surface area (TPSA) is 222 Å². The second-order valence-electron chi connectivity index (χ2n) is 17.0. The number of unbranched alkanes of at least 4 members (excludes halogenated alkanes) is 9. The highest BCUT2D eigenvalue weighted by Crippen LogP contribution is 2.47. The van der Waals surface area contributed by atoms with Crippen LogP contribution in [0.1, 0.15) is 155 Å². The Hall–Kier alpha value is -3.01. The zero-order valence-electron chi connectivity index (χ0n) is 39.6. The number of aliphatic hydroxyl groups excluding tert-OH is 5. The summed E-state index contributed by atoms with van der Waals surface area (Å²) in [5.74, 6) is -1.20. The van der Waals surface area contributed by atoms with Gasteiger partial charge in [-0.05, 0) is 89.9 Å². The molecule has 0 bridgehead atoms. The van der Waals surface area contributed by atoms with Gasteiger partial charge in [-0.15, -0.1) is 0 Å². The van der Waals surface area contributed by atoms with Crippen LogP contribution in [-0.4, -0.2) is 111 Å². The molecule has 0 aromatic rings. The SMILES string of the molecule is CC/C=C\C/C=C\C/C=C\C/C=C\CCCCCCCCC(=O)O[C@H](COC(=O)CCCC1OC1C/C=C\C/C=C\C/C=C\CCCCC)COP(=O)(O)OC1[C@H](O)[C@H](O)C(O)[C@H](O)[C@H]1O. The highest BCUT2D eigenvalue weighted by atomic mass is 31.2. The Labute approximate surface area is 394 Å². The van der Waals surface area contributed by atoms with E-state index >= 15 is 0 Å². The van der Waals surface area contributed by atoms with Crippen molar-refractivity contribution in [1.29, 1.82) is 0 Å². The Morgan fingerprint density at radius 2 is 1.05 bits per heavy atom. The van der Waals surface area contributed by atoms with E-state index in [2.05, 4.69) is 98.9 Å². The Morgan fingerprint density at radius 1 is 0.561 bits per heavy atom. The lowest BCUT2D eigenvalue weighted by Crippen LogP contribution is -2.64. The molecule has 0 amide bonds. The van der Waals surface area contributed by atoms with Gasteiger partial charge in [0, 0.05) is 12.8 Å². The maximum atomic E-state index is 12.9. The summed E-state index contributed by atoms with van der Waals surface area (Å²) in [4.78, 5) is 35.9. The van der Waals surface area contributed by atoms with Gasteiger partial charge in [0.25, 0.3) is 0 Å². The van der Waals surface area contributed by atoms with Gasteiger partial charge in [0.15, 0.2) is 6.10 Å². The van der Waals surface area contributed by atoms with Crippen molar-refractivity contribution in [2.24, 2.45) is 0 Å². The summed E-state index contributed by atoms with van der Waals surface area (Å²) in [7, 11) is -5.15. The fourth-order valence-corrected chi connectivity index (χ4v) is 8.10. The molecule has 1 aliphatic heterocycles. The highest BCUT2D eigenvalue weighted by molar-refractivity contribution is 7.47. The lowest BCUT2D eigenvalue weighted by Gasteiger charge is -2.41. The van der Waals surface area contributed by atoms with Crippen LogP contribution in [0.4, 0.5) is 0 Å². The van der Waals surface area contributed by atoms with Crippen LogP contribution in [0.3, 0.4) is 0 Å². The molecule has 376 valence electrons. The van der Waals surface area contributed by atoms with Crippen LogP contribution in [0.5, 0.6) is 0 Å². The summed E-state index contributed by atoms with van der Waals surface area (Å²) in [6.45, 7) is 3.08. The third kappa shape index (κ3) is 28.3. The molecule has 1 saturated carbocycles. The van der Waals surface area contributed by atoms with Gasteiger partial charge in [0.1, 0.15) is 43.2 Å². The van der Waals surface area contributed by atoms with Crippen LogP contribution in [0.2, 0.25) is 0 Å². The molecular formula is C51H83O14P. The Morgan fingerprint density at radius 3 is 1.62 bits per heavy atom. The van der Waals surface area contributed by atoms with Gasteiger partial charge in [-0.3, -0.25) is 18.6 Å². The van der Waals surface area contributed by atoms with E-state index in [0.717, 1.165) is 89.9 Å². The Bertz CT molecular complexity index is 1540. The molecule has 0 radical (unpaired) electrons. The first-order valence-corrected chi connectivity index (χ1v) is 26.0. The van der Waals surface area contributed by atoms with Crippen LogP contribution < -0.4 is 0 Å². The molecule has 2 rings (SSSR count). The lowest BCUT2D eigenvalue weighted by molar-refractivity contribution is -0.220. The molecule has 1 heterocycles. The number of aliphatic hydroxyl groups is 5. The minimum Gasteiger partial charge on any atom is -0.462 e. The van der Waals surface area contributed by atoms with E-state index in [4.69, 9.17) is 23.3 Å². The molecule has 15 heteroatoms. The first-order chi connectivity index (χ1) is 31.9. The molecule has 0 aromatic carbocycles.